The van der Waals surface area contributed by atoms with Gasteiger partial charge in [-0.15, -0.1) is 0 Å². The van der Waals surface area contributed by atoms with Crippen molar-refractivity contribution in [2.45, 2.75) is 17.7 Å². The predicted molar refractivity (Wildman–Crippen MR) is 86.9 cm³/mol. The van der Waals surface area contributed by atoms with E-state index in [1.165, 1.54) is 4.90 Å². The number of aliphatic carboxylic acids is 1. The number of benzene rings is 1. The van der Waals surface area contributed by atoms with Crippen LogP contribution in [0, 0.1) is 17.6 Å². The summed E-state index contributed by atoms with van der Waals surface area (Å²) in [5.41, 5.74) is 0. The highest BCUT2D eigenvalue weighted by Crippen LogP contribution is 2.17. The molecule has 0 spiro atoms. The Bertz CT molecular complexity index is 779. The first kappa shape index (κ1) is 20.0. The van der Waals surface area contributed by atoms with Gasteiger partial charge in [0.15, 0.2) is 0 Å². The second-order valence-electron chi connectivity index (χ2n) is 5.80. The number of carbonyl (C=O) groups is 2. The summed E-state index contributed by atoms with van der Waals surface area (Å²) < 4.78 is 52.4. The Morgan fingerprint density at radius 3 is 2.42 bits per heavy atom. The molecule has 0 unspecified atom stereocenters. The zero-order valence-electron chi connectivity index (χ0n) is 13.7. The average Bonchev–Trinajstić information content (AvgIpc) is 2.58. The maximum Gasteiger partial charge on any atom is 0.317 e. The van der Waals surface area contributed by atoms with Gasteiger partial charge < -0.3 is 15.3 Å². The minimum absolute atomic E-state index is 0.0419. The molecule has 1 aromatic carbocycles. The van der Waals surface area contributed by atoms with E-state index in [0.29, 0.717) is 32.0 Å². The van der Waals surface area contributed by atoms with E-state index < -0.39 is 44.5 Å². The maximum absolute atomic E-state index is 13.5. The predicted octanol–water partition coefficient (Wildman–Crippen LogP) is 0.749. The Hall–Kier alpha value is -2.27. The molecule has 0 atom stereocenters. The summed E-state index contributed by atoms with van der Waals surface area (Å²) in [6.07, 6.45) is 0.721. The minimum atomic E-state index is -4.17. The van der Waals surface area contributed by atoms with E-state index in [0.717, 1.165) is 12.1 Å². The molecule has 1 fully saturated rings. The molecule has 1 heterocycles. The number of piperidine rings is 1. The number of carboxylic acids is 1. The number of rotatable bonds is 6. The molecule has 144 valence electrons. The van der Waals surface area contributed by atoms with Gasteiger partial charge in [0.1, 0.15) is 16.5 Å². The van der Waals surface area contributed by atoms with E-state index in [4.69, 9.17) is 5.11 Å². The summed E-state index contributed by atoms with van der Waals surface area (Å²) in [4.78, 5) is 23.6. The van der Waals surface area contributed by atoms with Crippen molar-refractivity contribution in [2.24, 2.45) is 5.92 Å². The first-order valence-electron chi connectivity index (χ1n) is 7.91. The minimum Gasteiger partial charge on any atom is -0.481 e. The molecule has 1 aromatic rings. The number of sulfonamides is 1. The lowest BCUT2D eigenvalue weighted by atomic mass is 9.97. The number of hydrogen-bond donors (Lipinski definition) is 3. The third-order valence-electron chi connectivity index (χ3n) is 4.01. The summed E-state index contributed by atoms with van der Waals surface area (Å²) in [7, 11) is -4.17. The van der Waals surface area contributed by atoms with Crippen molar-refractivity contribution in [2.75, 3.05) is 26.2 Å². The highest BCUT2D eigenvalue weighted by molar-refractivity contribution is 7.89. The van der Waals surface area contributed by atoms with Crippen molar-refractivity contribution in [3.63, 3.8) is 0 Å². The molecule has 2 rings (SSSR count). The van der Waals surface area contributed by atoms with Crippen LogP contribution in [-0.4, -0.2) is 56.6 Å². The van der Waals surface area contributed by atoms with Gasteiger partial charge in [-0.05, 0) is 25.0 Å². The second kappa shape index (κ2) is 8.41. The number of carboxylic acid groups (broad SMARTS) is 1. The number of likely N-dealkylation sites (tertiary alicyclic amines) is 1. The highest BCUT2D eigenvalue weighted by Gasteiger charge is 2.27. The number of nitrogens with one attached hydrogen (secondary N) is 2. The Kier molecular flexibility index (Phi) is 6.48. The molecule has 11 heteroatoms. The van der Waals surface area contributed by atoms with Crippen molar-refractivity contribution >= 4 is 22.0 Å². The van der Waals surface area contributed by atoms with Crippen LogP contribution in [0.4, 0.5) is 13.6 Å². The van der Waals surface area contributed by atoms with E-state index in [-0.39, 0.29) is 13.1 Å². The zero-order chi connectivity index (χ0) is 19.3. The summed E-state index contributed by atoms with van der Waals surface area (Å²) in [5.74, 6) is -3.44. The number of amides is 2. The second-order valence-corrected chi connectivity index (χ2v) is 7.54. The van der Waals surface area contributed by atoms with Gasteiger partial charge in [-0.25, -0.2) is 26.7 Å². The topological polar surface area (TPSA) is 116 Å². The lowest BCUT2D eigenvalue weighted by molar-refractivity contribution is -0.143. The molecular weight excluding hydrogens is 372 g/mol. The SMILES string of the molecule is O=C(O)C1CCN(C(=O)NCCNS(=O)(=O)c2ccc(F)cc2F)CC1. The number of nitrogens with zero attached hydrogens (tertiary/aromatic N) is 1. The molecule has 1 saturated heterocycles. The fourth-order valence-corrected chi connectivity index (χ4v) is 3.66. The third-order valence-corrected chi connectivity index (χ3v) is 5.50. The van der Waals surface area contributed by atoms with Crippen molar-refractivity contribution in [1.29, 1.82) is 0 Å². The van der Waals surface area contributed by atoms with E-state index in [1.807, 2.05) is 0 Å². The fourth-order valence-electron chi connectivity index (χ4n) is 2.57. The van der Waals surface area contributed by atoms with Gasteiger partial charge in [0.25, 0.3) is 0 Å². The Labute approximate surface area is 149 Å². The van der Waals surface area contributed by atoms with E-state index in [1.54, 1.807) is 0 Å². The standard InChI is InChI=1S/C15H19F2N3O5S/c16-11-1-2-13(12(17)9-11)26(24,25)19-6-5-18-15(23)20-7-3-10(4-8-20)14(21)22/h1-2,9-10,19H,3-8H2,(H,18,23)(H,21,22). The van der Waals surface area contributed by atoms with Crippen molar-refractivity contribution in [3.05, 3.63) is 29.8 Å². The number of urea groups is 1. The summed E-state index contributed by atoms with van der Waals surface area (Å²) in [6, 6.07) is 1.69. The van der Waals surface area contributed by atoms with Crippen LogP contribution < -0.4 is 10.0 Å². The monoisotopic (exact) mass is 391 g/mol. The van der Waals surface area contributed by atoms with Crippen LogP contribution in [0.3, 0.4) is 0 Å². The summed E-state index contributed by atoms with van der Waals surface area (Å²) >= 11 is 0. The molecule has 1 aliphatic rings. The first-order chi connectivity index (χ1) is 12.2. The van der Waals surface area contributed by atoms with Crippen LogP contribution in [0.25, 0.3) is 0 Å². The third kappa shape index (κ3) is 5.11. The van der Waals surface area contributed by atoms with Crippen molar-refractivity contribution in [1.82, 2.24) is 14.9 Å². The van der Waals surface area contributed by atoms with Crippen LogP contribution in [0.5, 0.6) is 0 Å². The fraction of sp³-hybridized carbons (Fsp3) is 0.467. The quantitative estimate of drug-likeness (QED) is 0.619. The first-order valence-corrected chi connectivity index (χ1v) is 9.39. The van der Waals surface area contributed by atoms with Gasteiger partial charge >= 0.3 is 12.0 Å². The number of carbonyl (C=O) groups excluding carboxylic acids is 1. The number of halogens is 2. The van der Waals surface area contributed by atoms with Gasteiger partial charge in [0, 0.05) is 32.2 Å². The van der Waals surface area contributed by atoms with E-state index >= 15 is 0 Å². The molecule has 0 aliphatic carbocycles. The van der Waals surface area contributed by atoms with Crippen LogP contribution in [0.1, 0.15) is 12.8 Å². The molecule has 3 N–H and O–H groups in total. The molecule has 0 aromatic heterocycles. The van der Waals surface area contributed by atoms with Crippen molar-refractivity contribution in [3.8, 4) is 0 Å². The van der Waals surface area contributed by atoms with Crippen LogP contribution >= 0.6 is 0 Å². The van der Waals surface area contributed by atoms with E-state index in [2.05, 4.69) is 10.0 Å². The Balaban J connectivity index is 1.77. The molecule has 0 radical (unpaired) electrons. The van der Waals surface area contributed by atoms with Crippen LogP contribution in [0.15, 0.2) is 23.1 Å². The smallest absolute Gasteiger partial charge is 0.317 e. The summed E-state index contributed by atoms with van der Waals surface area (Å²) in [6.45, 7) is 0.376. The maximum atomic E-state index is 13.5. The number of hydrogen-bond acceptors (Lipinski definition) is 4. The van der Waals surface area contributed by atoms with Gasteiger partial charge in [-0.1, -0.05) is 0 Å². The Morgan fingerprint density at radius 1 is 1.19 bits per heavy atom. The van der Waals surface area contributed by atoms with Crippen LogP contribution in [-0.2, 0) is 14.8 Å². The molecule has 2 amide bonds. The average molecular weight is 391 g/mol. The van der Waals surface area contributed by atoms with E-state index in [9.17, 15) is 26.8 Å². The lowest BCUT2D eigenvalue weighted by Crippen LogP contribution is -2.47. The normalized spacial score (nSPS) is 15.7. The van der Waals surface area contributed by atoms with Gasteiger partial charge in [0.05, 0.1) is 5.92 Å². The summed E-state index contributed by atoms with van der Waals surface area (Å²) in [5, 5.41) is 11.4. The van der Waals surface area contributed by atoms with Gasteiger partial charge in [-0.3, -0.25) is 4.79 Å². The molecule has 1 aliphatic heterocycles. The molecule has 8 nitrogen and oxygen atoms in total. The van der Waals surface area contributed by atoms with Crippen molar-refractivity contribution < 1.29 is 31.9 Å². The highest BCUT2D eigenvalue weighted by atomic mass is 32.2. The van der Waals surface area contributed by atoms with Gasteiger partial charge in [0.2, 0.25) is 10.0 Å². The van der Waals surface area contributed by atoms with Crippen LogP contribution in [0.2, 0.25) is 0 Å². The molecule has 0 bridgehead atoms. The zero-order valence-corrected chi connectivity index (χ0v) is 14.6. The molecule has 26 heavy (non-hydrogen) atoms. The largest absolute Gasteiger partial charge is 0.481 e. The molecule has 0 saturated carbocycles. The van der Waals surface area contributed by atoms with Gasteiger partial charge in [-0.2, -0.15) is 0 Å². The lowest BCUT2D eigenvalue weighted by Gasteiger charge is -2.30. The molecular formula is C15H19F2N3O5S. The Morgan fingerprint density at radius 2 is 1.85 bits per heavy atom.